The Hall–Kier alpha value is -2.34. The molecule has 0 saturated carbocycles. The van der Waals surface area contributed by atoms with Crippen molar-refractivity contribution in [3.63, 3.8) is 0 Å². The molecule has 0 aliphatic carbocycles. The van der Waals surface area contributed by atoms with Crippen molar-refractivity contribution in [2.45, 2.75) is 13.8 Å². The van der Waals surface area contributed by atoms with Crippen molar-refractivity contribution in [2.75, 3.05) is 19.7 Å². The highest BCUT2D eigenvalue weighted by Gasteiger charge is 2.09. The molecular weight excluding hydrogens is 312 g/mol. The molecule has 0 unspecified atom stereocenters. The summed E-state index contributed by atoms with van der Waals surface area (Å²) in [5.74, 6) is 0.314. The summed E-state index contributed by atoms with van der Waals surface area (Å²) in [4.78, 5) is 25.1. The molecule has 0 spiro atoms. The van der Waals surface area contributed by atoms with E-state index in [0.29, 0.717) is 18.0 Å². The number of ether oxygens (including phenoxy) is 1. The van der Waals surface area contributed by atoms with Crippen molar-refractivity contribution in [2.24, 2.45) is 0 Å². The van der Waals surface area contributed by atoms with Crippen LogP contribution >= 0.6 is 11.3 Å². The van der Waals surface area contributed by atoms with Crippen LogP contribution in [0.15, 0.2) is 36.4 Å². The van der Waals surface area contributed by atoms with Gasteiger partial charge in [-0.25, -0.2) is 0 Å². The molecule has 5 nitrogen and oxygen atoms in total. The summed E-state index contributed by atoms with van der Waals surface area (Å²) < 4.78 is 5.53. The first-order valence-electron chi connectivity index (χ1n) is 7.35. The SMILES string of the molecule is Cc1cccc(OCCNC(=O)CNC(=O)c2ccc(C)s2)c1. The van der Waals surface area contributed by atoms with Crippen LogP contribution in [0.2, 0.25) is 0 Å². The highest BCUT2D eigenvalue weighted by Crippen LogP contribution is 2.14. The Kier molecular flexibility index (Phi) is 6.17. The van der Waals surface area contributed by atoms with E-state index in [-0.39, 0.29) is 18.4 Å². The van der Waals surface area contributed by atoms with Gasteiger partial charge in [-0.05, 0) is 43.7 Å². The number of nitrogens with one attached hydrogen (secondary N) is 2. The van der Waals surface area contributed by atoms with Gasteiger partial charge in [-0.1, -0.05) is 12.1 Å². The molecule has 0 aliphatic rings. The lowest BCUT2D eigenvalue weighted by molar-refractivity contribution is -0.120. The maximum absolute atomic E-state index is 11.8. The van der Waals surface area contributed by atoms with Gasteiger partial charge in [0.15, 0.2) is 0 Å². The van der Waals surface area contributed by atoms with Crippen LogP contribution in [-0.2, 0) is 4.79 Å². The van der Waals surface area contributed by atoms with E-state index < -0.39 is 0 Å². The monoisotopic (exact) mass is 332 g/mol. The second-order valence-electron chi connectivity index (χ2n) is 5.11. The lowest BCUT2D eigenvalue weighted by Crippen LogP contribution is -2.38. The minimum Gasteiger partial charge on any atom is -0.492 e. The Morgan fingerprint density at radius 1 is 1.13 bits per heavy atom. The first-order chi connectivity index (χ1) is 11.0. The number of hydrogen-bond acceptors (Lipinski definition) is 4. The molecule has 2 aromatic rings. The van der Waals surface area contributed by atoms with Gasteiger partial charge >= 0.3 is 0 Å². The zero-order valence-electron chi connectivity index (χ0n) is 13.2. The third kappa shape index (κ3) is 5.75. The number of rotatable bonds is 7. The van der Waals surface area contributed by atoms with Crippen molar-refractivity contribution >= 4 is 23.2 Å². The predicted molar refractivity (Wildman–Crippen MR) is 91.1 cm³/mol. The zero-order chi connectivity index (χ0) is 16.7. The first-order valence-corrected chi connectivity index (χ1v) is 8.17. The molecule has 0 bridgehead atoms. The van der Waals surface area contributed by atoms with Crippen LogP contribution in [0.5, 0.6) is 5.75 Å². The minimum atomic E-state index is -0.237. The highest BCUT2D eigenvalue weighted by atomic mass is 32.1. The van der Waals surface area contributed by atoms with Crippen LogP contribution in [0.25, 0.3) is 0 Å². The van der Waals surface area contributed by atoms with E-state index in [4.69, 9.17) is 4.74 Å². The van der Waals surface area contributed by atoms with Gasteiger partial charge in [0.2, 0.25) is 5.91 Å². The molecule has 2 amide bonds. The van der Waals surface area contributed by atoms with Crippen LogP contribution in [0.4, 0.5) is 0 Å². The second kappa shape index (κ2) is 8.33. The molecule has 2 rings (SSSR count). The second-order valence-corrected chi connectivity index (χ2v) is 6.40. The quantitative estimate of drug-likeness (QED) is 0.765. The maximum atomic E-state index is 11.8. The number of carbonyl (C=O) groups is 2. The minimum absolute atomic E-state index is 0.0414. The van der Waals surface area contributed by atoms with Crippen molar-refractivity contribution in [1.29, 1.82) is 0 Å². The molecule has 0 aliphatic heterocycles. The number of amides is 2. The van der Waals surface area contributed by atoms with Gasteiger partial charge in [0, 0.05) is 4.88 Å². The molecule has 0 saturated heterocycles. The van der Waals surface area contributed by atoms with Gasteiger partial charge in [-0.2, -0.15) is 0 Å². The Morgan fingerprint density at radius 3 is 2.65 bits per heavy atom. The lowest BCUT2D eigenvalue weighted by atomic mass is 10.2. The van der Waals surface area contributed by atoms with Crippen molar-refractivity contribution in [3.8, 4) is 5.75 Å². The van der Waals surface area contributed by atoms with Crippen LogP contribution in [0.1, 0.15) is 20.1 Å². The smallest absolute Gasteiger partial charge is 0.261 e. The third-order valence-corrected chi connectivity index (χ3v) is 4.06. The molecular formula is C17H20N2O3S. The van der Waals surface area contributed by atoms with Crippen LogP contribution in [0, 0.1) is 13.8 Å². The molecule has 1 aromatic heterocycles. The maximum Gasteiger partial charge on any atom is 0.261 e. The van der Waals surface area contributed by atoms with Crippen LogP contribution < -0.4 is 15.4 Å². The van der Waals surface area contributed by atoms with Gasteiger partial charge in [0.1, 0.15) is 12.4 Å². The Bertz CT molecular complexity index is 682. The van der Waals surface area contributed by atoms with Gasteiger partial charge in [0.05, 0.1) is 18.0 Å². The topological polar surface area (TPSA) is 67.4 Å². The molecule has 1 aromatic carbocycles. The standard InChI is InChI=1S/C17H20N2O3S/c1-12-4-3-5-14(10-12)22-9-8-18-16(20)11-19-17(21)15-7-6-13(2)23-15/h3-7,10H,8-9,11H2,1-2H3,(H,18,20)(H,19,21). The van der Waals surface area contributed by atoms with E-state index in [1.165, 1.54) is 11.3 Å². The number of benzene rings is 1. The van der Waals surface area contributed by atoms with Crippen LogP contribution in [0.3, 0.4) is 0 Å². The molecule has 122 valence electrons. The van der Waals surface area contributed by atoms with E-state index in [2.05, 4.69) is 10.6 Å². The molecule has 0 fully saturated rings. The summed E-state index contributed by atoms with van der Waals surface area (Å²) >= 11 is 1.40. The van der Waals surface area contributed by atoms with Gasteiger partial charge in [-0.15, -0.1) is 11.3 Å². The van der Waals surface area contributed by atoms with Gasteiger partial charge in [0.25, 0.3) is 5.91 Å². The Balaban J connectivity index is 1.62. The van der Waals surface area contributed by atoms with E-state index in [1.54, 1.807) is 6.07 Å². The largest absolute Gasteiger partial charge is 0.492 e. The predicted octanol–water partition coefficient (Wildman–Crippen LogP) is 2.29. The first kappa shape index (κ1) is 17.0. The van der Waals surface area contributed by atoms with E-state index >= 15 is 0 Å². The van der Waals surface area contributed by atoms with Crippen molar-refractivity contribution in [3.05, 3.63) is 51.7 Å². The van der Waals surface area contributed by atoms with E-state index in [0.717, 1.165) is 16.2 Å². The molecule has 0 radical (unpaired) electrons. The zero-order valence-corrected chi connectivity index (χ0v) is 14.0. The summed E-state index contributed by atoms with van der Waals surface area (Å²) in [7, 11) is 0. The average molecular weight is 332 g/mol. The summed E-state index contributed by atoms with van der Waals surface area (Å²) in [5, 5.41) is 5.30. The van der Waals surface area contributed by atoms with E-state index in [9.17, 15) is 9.59 Å². The summed E-state index contributed by atoms with van der Waals surface area (Å²) in [6, 6.07) is 11.4. The highest BCUT2D eigenvalue weighted by molar-refractivity contribution is 7.13. The summed E-state index contributed by atoms with van der Waals surface area (Å²) in [6.45, 7) is 4.66. The van der Waals surface area contributed by atoms with Gasteiger partial charge in [-0.3, -0.25) is 9.59 Å². The molecule has 2 N–H and O–H groups in total. The fourth-order valence-electron chi connectivity index (χ4n) is 1.93. The Labute approximate surface area is 139 Å². The molecule has 0 atom stereocenters. The fraction of sp³-hybridized carbons (Fsp3) is 0.294. The van der Waals surface area contributed by atoms with Crippen LogP contribution in [-0.4, -0.2) is 31.5 Å². The molecule has 23 heavy (non-hydrogen) atoms. The van der Waals surface area contributed by atoms with Gasteiger partial charge < -0.3 is 15.4 Å². The summed E-state index contributed by atoms with van der Waals surface area (Å²) in [6.07, 6.45) is 0. The number of thiophene rings is 1. The van der Waals surface area contributed by atoms with E-state index in [1.807, 2.05) is 44.2 Å². The lowest BCUT2D eigenvalue weighted by Gasteiger charge is -2.08. The summed E-state index contributed by atoms with van der Waals surface area (Å²) in [5.41, 5.74) is 1.12. The van der Waals surface area contributed by atoms with Crippen molar-refractivity contribution < 1.29 is 14.3 Å². The average Bonchev–Trinajstić information content (AvgIpc) is 2.96. The Morgan fingerprint density at radius 2 is 1.96 bits per heavy atom. The molecule has 6 heteroatoms. The normalized spacial score (nSPS) is 10.2. The third-order valence-electron chi connectivity index (χ3n) is 3.06. The van der Waals surface area contributed by atoms with Crippen molar-refractivity contribution in [1.82, 2.24) is 10.6 Å². The number of hydrogen-bond donors (Lipinski definition) is 2. The molecule has 1 heterocycles. The number of aryl methyl sites for hydroxylation is 2. The number of carbonyl (C=O) groups excluding carboxylic acids is 2. The fourth-order valence-corrected chi connectivity index (χ4v) is 2.72.